The third kappa shape index (κ3) is 4.90. The van der Waals surface area contributed by atoms with Gasteiger partial charge in [0.15, 0.2) is 17.5 Å². The van der Waals surface area contributed by atoms with E-state index in [9.17, 15) is 0 Å². The zero-order valence-electron chi connectivity index (χ0n) is 32.1. The summed E-state index contributed by atoms with van der Waals surface area (Å²) in [7, 11) is 0. The zero-order valence-corrected chi connectivity index (χ0v) is 32.1. The standard InChI is InChI=1S/C55H31N3O2/c1-2-15-36-34(12-1)31-45(40-17-4-3-16-38(36)40)55-57-53(56-54(58-55)44-22-9-13-32-27-29-49-52(50(32)44)43-19-6-8-24-47(43)60-49)35-26-28-37-33(30-35)14-10-20-39(37)41-21-11-25-48-51(41)42-18-5-7-23-46(42)59-48/h1-31H. The Kier molecular flexibility index (Phi) is 6.95. The lowest BCUT2D eigenvalue weighted by Crippen LogP contribution is -2.01. The Morgan fingerprint density at radius 1 is 0.267 bits per heavy atom. The van der Waals surface area contributed by atoms with Crippen molar-refractivity contribution in [2.45, 2.75) is 0 Å². The van der Waals surface area contributed by atoms with E-state index < -0.39 is 0 Å². The van der Waals surface area contributed by atoms with Crippen molar-refractivity contribution >= 4 is 87.0 Å². The minimum absolute atomic E-state index is 0.600. The molecule has 13 aromatic rings. The van der Waals surface area contributed by atoms with Crippen LogP contribution < -0.4 is 0 Å². The van der Waals surface area contributed by atoms with Gasteiger partial charge in [0.2, 0.25) is 0 Å². The van der Waals surface area contributed by atoms with Gasteiger partial charge in [0.1, 0.15) is 22.3 Å². The van der Waals surface area contributed by atoms with E-state index in [0.717, 1.165) is 109 Å². The van der Waals surface area contributed by atoms with Gasteiger partial charge in [-0.2, -0.15) is 0 Å². The molecular weight excluding hydrogens is 735 g/mol. The number of hydrogen-bond acceptors (Lipinski definition) is 5. The maximum Gasteiger partial charge on any atom is 0.164 e. The molecule has 0 saturated carbocycles. The van der Waals surface area contributed by atoms with Crippen LogP contribution in [0.25, 0.3) is 132 Å². The number of aromatic nitrogens is 3. The SMILES string of the molecule is c1cc(-c2cccc3oc4ccccc4c23)c2ccc(-c3nc(-c4cc5ccccc5c5ccccc45)nc(-c4cccc5ccc6oc7ccccc7c6c45)n3)cc2c1. The molecule has 0 saturated heterocycles. The van der Waals surface area contributed by atoms with Crippen molar-refractivity contribution in [3.05, 3.63) is 188 Å². The molecule has 3 heterocycles. The third-order valence-electron chi connectivity index (χ3n) is 12.1. The monoisotopic (exact) mass is 765 g/mol. The van der Waals surface area contributed by atoms with Gasteiger partial charge in [-0.05, 0) is 85.2 Å². The Bertz CT molecular complexity index is 3910. The van der Waals surface area contributed by atoms with Crippen LogP contribution in [0.2, 0.25) is 0 Å². The normalized spacial score (nSPS) is 12.0. The number of hydrogen-bond donors (Lipinski definition) is 0. The molecule has 0 aliphatic carbocycles. The fourth-order valence-corrected chi connectivity index (χ4v) is 9.42. The van der Waals surface area contributed by atoms with Gasteiger partial charge in [-0.15, -0.1) is 0 Å². The van der Waals surface area contributed by atoms with Gasteiger partial charge in [-0.25, -0.2) is 15.0 Å². The van der Waals surface area contributed by atoms with Crippen LogP contribution in [0.3, 0.4) is 0 Å². The Labute approximate surface area is 342 Å². The Balaban J connectivity index is 1.07. The van der Waals surface area contributed by atoms with Gasteiger partial charge in [0, 0.05) is 43.6 Å². The van der Waals surface area contributed by atoms with Crippen molar-refractivity contribution in [2.75, 3.05) is 0 Å². The molecule has 5 heteroatoms. The second-order valence-electron chi connectivity index (χ2n) is 15.5. The molecule has 0 fully saturated rings. The predicted octanol–water partition coefficient (Wildman–Crippen LogP) is 15.0. The number of furan rings is 2. The Hall–Kier alpha value is -8.15. The van der Waals surface area contributed by atoms with E-state index in [4.69, 9.17) is 23.8 Å². The number of rotatable bonds is 4. The molecule has 0 spiro atoms. The van der Waals surface area contributed by atoms with Crippen LogP contribution in [-0.4, -0.2) is 15.0 Å². The van der Waals surface area contributed by atoms with Crippen molar-refractivity contribution in [1.29, 1.82) is 0 Å². The van der Waals surface area contributed by atoms with Crippen LogP contribution >= 0.6 is 0 Å². The molecule has 0 radical (unpaired) electrons. The number of para-hydroxylation sites is 2. The molecule has 0 aliphatic rings. The van der Waals surface area contributed by atoms with Crippen LogP contribution in [0.5, 0.6) is 0 Å². The second kappa shape index (κ2) is 12.7. The topological polar surface area (TPSA) is 65.0 Å². The highest BCUT2D eigenvalue weighted by molar-refractivity contribution is 6.23. The average Bonchev–Trinajstić information content (AvgIpc) is 3.89. The molecule has 0 aliphatic heterocycles. The van der Waals surface area contributed by atoms with Gasteiger partial charge < -0.3 is 8.83 Å². The third-order valence-corrected chi connectivity index (χ3v) is 12.1. The van der Waals surface area contributed by atoms with Crippen molar-refractivity contribution < 1.29 is 8.83 Å². The van der Waals surface area contributed by atoms with E-state index in [0.29, 0.717) is 17.5 Å². The molecule has 0 bridgehead atoms. The molecule has 10 aromatic carbocycles. The summed E-state index contributed by atoms with van der Waals surface area (Å²) in [5.74, 6) is 1.82. The molecule has 3 aromatic heterocycles. The summed E-state index contributed by atoms with van der Waals surface area (Å²) in [5, 5.41) is 13.3. The Morgan fingerprint density at radius 2 is 0.817 bits per heavy atom. The van der Waals surface area contributed by atoms with Gasteiger partial charge in [0.25, 0.3) is 0 Å². The molecule has 0 unspecified atom stereocenters. The van der Waals surface area contributed by atoms with Gasteiger partial charge in [-0.1, -0.05) is 152 Å². The first kappa shape index (κ1) is 32.9. The van der Waals surface area contributed by atoms with Crippen LogP contribution in [0, 0.1) is 0 Å². The van der Waals surface area contributed by atoms with E-state index in [-0.39, 0.29) is 0 Å². The fraction of sp³-hybridized carbons (Fsp3) is 0. The first-order valence-corrected chi connectivity index (χ1v) is 20.2. The highest BCUT2D eigenvalue weighted by Crippen LogP contribution is 2.42. The Morgan fingerprint density at radius 3 is 1.63 bits per heavy atom. The van der Waals surface area contributed by atoms with E-state index in [1.165, 1.54) is 5.39 Å². The largest absolute Gasteiger partial charge is 0.456 e. The highest BCUT2D eigenvalue weighted by atomic mass is 16.3. The highest BCUT2D eigenvalue weighted by Gasteiger charge is 2.21. The quantitative estimate of drug-likeness (QED) is 0.167. The summed E-state index contributed by atoms with van der Waals surface area (Å²) in [4.78, 5) is 16.1. The molecule has 0 N–H and O–H groups in total. The summed E-state index contributed by atoms with van der Waals surface area (Å²) in [6, 6.07) is 65.7. The number of benzene rings is 10. The number of fused-ring (bicyclic) bond motifs is 12. The molecule has 60 heavy (non-hydrogen) atoms. The van der Waals surface area contributed by atoms with Crippen molar-refractivity contribution in [3.63, 3.8) is 0 Å². The molecule has 0 atom stereocenters. The first-order valence-electron chi connectivity index (χ1n) is 20.2. The average molecular weight is 766 g/mol. The minimum Gasteiger partial charge on any atom is -0.456 e. The summed E-state index contributed by atoms with van der Waals surface area (Å²) in [6.07, 6.45) is 0. The molecule has 0 amide bonds. The van der Waals surface area contributed by atoms with Crippen molar-refractivity contribution in [1.82, 2.24) is 15.0 Å². The maximum absolute atomic E-state index is 6.39. The van der Waals surface area contributed by atoms with Gasteiger partial charge in [-0.3, -0.25) is 0 Å². The van der Waals surface area contributed by atoms with E-state index in [1.54, 1.807) is 0 Å². The van der Waals surface area contributed by atoms with E-state index >= 15 is 0 Å². The van der Waals surface area contributed by atoms with E-state index in [2.05, 4.69) is 158 Å². The predicted molar refractivity (Wildman–Crippen MR) is 246 cm³/mol. The zero-order chi connectivity index (χ0) is 39.3. The number of nitrogens with zero attached hydrogens (tertiary/aromatic N) is 3. The lowest BCUT2D eigenvalue weighted by molar-refractivity contribution is 0.668. The van der Waals surface area contributed by atoms with Crippen molar-refractivity contribution in [2.24, 2.45) is 0 Å². The van der Waals surface area contributed by atoms with Crippen LogP contribution in [0.15, 0.2) is 197 Å². The van der Waals surface area contributed by atoms with Crippen molar-refractivity contribution in [3.8, 4) is 45.3 Å². The smallest absolute Gasteiger partial charge is 0.164 e. The first-order chi connectivity index (χ1) is 29.7. The van der Waals surface area contributed by atoms with Crippen LogP contribution in [-0.2, 0) is 0 Å². The molecular formula is C55H31N3O2. The summed E-state index contributed by atoms with van der Waals surface area (Å²) in [5.41, 5.74) is 8.50. The van der Waals surface area contributed by atoms with Crippen LogP contribution in [0.4, 0.5) is 0 Å². The molecule has 5 nitrogen and oxygen atoms in total. The maximum atomic E-state index is 6.39. The molecule has 13 rings (SSSR count). The summed E-state index contributed by atoms with van der Waals surface area (Å²) >= 11 is 0. The lowest BCUT2D eigenvalue weighted by Gasteiger charge is -2.14. The second-order valence-corrected chi connectivity index (χ2v) is 15.5. The molecule has 278 valence electrons. The fourth-order valence-electron chi connectivity index (χ4n) is 9.42. The summed E-state index contributed by atoms with van der Waals surface area (Å²) in [6.45, 7) is 0. The lowest BCUT2D eigenvalue weighted by atomic mass is 9.94. The van der Waals surface area contributed by atoms with E-state index in [1.807, 2.05) is 30.3 Å². The minimum atomic E-state index is 0.600. The van der Waals surface area contributed by atoms with Gasteiger partial charge >= 0.3 is 0 Å². The summed E-state index contributed by atoms with van der Waals surface area (Å²) < 4.78 is 12.7. The van der Waals surface area contributed by atoms with Gasteiger partial charge in [0.05, 0.1) is 0 Å². The van der Waals surface area contributed by atoms with Crippen LogP contribution in [0.1, 0.15) is 0 Å².